The molecule has 0 amide bonds. The summed E-state index contributed by atoms with van der Waals surface area (Å²) < 4.78 is 0. The predicted molar refractivity (Wildman–Crippen MR) is 58.4 cm³/mol. The van der Waals surface area contributed by atoms with E-state index in [1.54, 1.807) is 0 Å². The van der Waals surface area contributed by atoms with Gasteiger partial charge in [-0.15, -0.1) is 11.6 Å². The van der Waals surface area contributed by atoms with E-state index < -0.39 is 0 Å². The van der Waals surface area contributed by atoms with Crippen molar-refractivity contribution in [2.45, 2.75) is 13.8 Å². The Kier molecular flexibility index (Phi) is 5.07. The maximum absolute atomic E-state index is 5.70. The number of hydrogen-bond acceptors (Lipinski definition) is 2. The zero-order valence-electron chi connectivity index (χ0n) is 8.80. The van der Waals surface area contributed by atoms with Gasteiger partial charge in [-0.25, -0.2) is 0 Å². The van der Waals surface area contributed by atoms with E-state index >= 15 is 0 Å². The van der Waals surface area contributed by atoms with Gasteiger partial charge in [0.25, 0.3) is 0 Å². The summed E-state index contributed by atoms with van der Waals surface area (Å²) in [5, 5.41) is 0. The van der Waals surface area contributed by atoms with Crippen LogP contribution < -0.4 is 0 Å². The molecule has 0 aliphatic carbocycles. The molecule has 3 heteroatoms. The van der Waals surface area contributed by atoms with Crippen LogP contribution in [0.15, 0.2) is 0 Å². The van der Waals surface area contributed by atoms with Gasteiger partial charge in [-0.05, 0) is 5.92 Å². The van der Waals surface area contributed by atoms with Gasteiger partial charge in [0, 0.05) is 45.1 Å². The molecule has 2 nitrogen and oxygen atoms in total. The lowest BCUT2D eigenvalue weighted by Crippen LogP contribution is -2.47. The van der Waals surface area contributed by atoms with Crippen molar-refractivity contribution in [3.63, 3.8) is 0 Å². The Morgan fingerprint density at radius 1 is 1.08 bits per heavy atom. The third-order valence-corrected chi connectivity index (χ3v) is 2.66. The van der Waals surface area contributed by atoms with Crippen LogP contribution in [0.3, 0.4) is 0 Å². The largest absolute Gasteiger partial charge is 0.301 e. The molecular weight excluding hydrogens is 184 g/mol. The standard InChI is InChI=1S/C10H21ClN2/c1-10(2)9-13-7-5-12(4-3-11)6-8-13/h10H,3-9H2,1-2H3. The molecular formula is C10H21ClN2. The van der Waals surface area contributed by atoms with Crippen LogP contribution in [0.4, 0.5) is 0 Å². The molecule has 1 aliphatic heterocycles. The first-order valence-electron chi connectivity index (χ1n) is 5.23. The van der Waals surface area contributed by atoms with Gasteiger partial charge in [0.1, 0.15) is 0 Å². The topological polar surface area (TPSA) is 6.48 Å². The van der Waals surface area contributed by atoms with E-state index in [0.29, 0.717) is 0 Å². The highest BCUT2D eigenvalue weighted by atomic mass is 35.5. The molecule has 1 rings (SSSR count). The third kappa shape index (κ3) is 4.30. The van der Waals surface area contributed by atoms with Gasteiger partial charge in [-0.3, -0.25) is 4.90 Å². The number of nitrogens with zero attached hydrogens (tertiary/aromatic N) is 2. The second-order valence-electron chi connectivity index (χ2n) is 4.23. The van der Waals surface area contributed by atoms with Crippen LogP contribution in [0.5, 0.6) is 0 Å². The number of piperazine rings is 1. The van der Waals surface area contributed by atoms with Gasteiger partial charge < -0.3 is 4.90 Å². The summed E-state index contributed by atoms with van der Waals surface area (Å²) in [4.78, 5) is 5.00. The van der Waals surface area contributed by atoms with Crippen LogP contribution in [0.2, 0.25) is 0 Å². The van der Waals surface area contributed by atoms with Crippen molar-refractivity contribution < 1.29 is 0 Å². The number of hydrogen-bond donors (Lipinski definition) is 0. The van der Waals surface area contributed by atoms with Crippen molar-refractivity contribution in [1.82, 2.24) is 9.80 Å². The summed E-state index contributed by atoms with van der Waals surface area (Å²) in [5.41, 5.74) is 0. The van der Waals surface area contributed by atoms with Gasteiger partial charge in [-0.2, -0.15) is 0 Å². The zero-order chi connectivity index (χ0) is 9.68. The monoisotopic (exact) mass is 204 g/mol. The first-order valence-corrected chi connectivity index (χ1v) is 5.76. The second kappa shape index (κ2) is 5.84. The Labute approximate surface area is 86.8 Å². The lowest BCUT2D eigenvalue weighted by atomic mass is 10.2. The first-order chi connectivity index (χ1) is 6.22. The number of alkyl halides is 1. The maximum atomic E-state index is 5.70. The van der Waals surface area contributed by atoms with Gasteiger partial charge >= 0.3 is 0 Å². The minimum atomic E-state index is 0.768. The van der Waals surface area contributed by atoms with Crippen LogP contribution in [0.25, 0.3) is 0 Å². The lowest BCUT2D eigenvalue weighted by molar-refractivity contribution is 0.127. The number of halogens is 1. The van der Waals surface area contributed by atoms with Crippen molar-refractivity contribution in [1.29, 1.82) is 0 Å². The second-order valence-corrected chi connectivity index (χ2v) is 4.60. The zero-order valence-corrected chi connectivity index (χ0v) is 9.56. The van der Waals surface area contributed by atoms with E-state index in [-0.39, 0.29) is 0 Å². The Morgan fingerprint density at radius 2 is 1.62 bits per heavy atom. The molecule has 0 aromatic heterocycles. The Morgan fingerprint density at radius 3 is 2.08 bits per heavy atom. The third-order valence-electron chi connectivity index (χ3n) is 2.49. The van der Waals surface area contributed by atoms with Crippen LogP contribution in [-0.2, 0) is 0 Å². The molecule has 0 radical (unpaired) electrons. The molecule has 13 heavy (non-hydrogen) atoms. The summed E-state index contributed by atoms with van der Waals surface area (Å²) in [5.74, 6) is 1.56. The van der Waals surface area contributed by atoms with Crippen molar-refractivity contribution in [3.8, 4) is 0 Å². The smallest absolute Gasteiger partial charge is 0.0351 e. The maximum Gasteiger partial charge on any atom is 0.0351 e. The average Bonchev–Trinajstić information content (AvgIpc) is 2.08. The van der Waals surface area contributed by atoms with Gasteiger partial charge in [0.15, 0.2) is 0 Å². The SMILES string of the molecule is CC(C)CN1CCN(CCCl)CC1. The van der Waals surface area contributed by atoms with E-state index in [0.717, 1.165) is 18.3 Å². The van der Waals surface area contributed by atoms with Crippen LogP contribution in [-0.4, -0.2) is 54.9 Å². The van der Waals surface area contributed by atoms with Crippen molar-refractivity contribution in [2.75, 3.05) is 45.1 Å². The van der Waals surface area contributed by atoms with Gasteiger partial charge in [-0.1, -0.05) is 13.8 Å². The number of rotatable bonds is 4. The van der Waals surface area contributed by atoms with Crippen LogP contribution in [0, 0.1) is 5.92 Å². The van der Waals surface area contributed by atoms with Crippen molar-refractivity contribution in [2.24, 2.45) is 5.92 Å². The highest BCUT2D eigenvalue weighted by Crippen LogP contribution is 2.04. The summed E-state index contributed by atoms with van der Waals surface area (Å²) in [6, 6.07) is 0. The summed E-state index contributed by atoms with van der Waals surface area (Å²) >= 11 is 5.70. The molecule has 0 unspecified atom stereocenters. The van der Waals surface area contributed by atoms with Gasteiger partial charge in [0.05, 0.1) is 0 Å². The molecule has 0 saturated carbocycles. The Balaban J connectivity index is 2.15. The van der Waals surface area contributed by atoms with Crippen LogP contribution >= 0.6 is 11.6 Å². The van der Waals surface area contributed by atoms with Gasteiger partial charge in [0.2, 0.25) is 0 Å². The Bertz CT molecular complexity index is 131. The molecule has 0 N–H and O–H groups in total. The minimum Gasteiger partial charge on any atom is -0.301 e. The Hall–Kier alpha value is 0.210. The summed E-state index contributed by atoms with van der Waals surface area (Å²) in [6.07, 6.45) is 0. The normalized spacial score (nSPS) is 21.2. The molecule has 0 aromatic rings. The lowest BCUT2D eigenvalue weighted by Gasteiger charge is -2.35. The van der Waals surface area contributed by atoms with E-state index in [1.807, 2.05) is 0 Å². The molecule has 1 saturated heterocycles. The quantitative estimate of drug-likeness (QED) is 0.641. The molecule has 0 aromatic carbocycles. The van der Waals surface area contributed by atoms with E-state index in [2.05, 4.69) is 23.6 Å². The highest BCUT2D eigenvalue weighted by Gasteiger charge is 2.16. The summed E-state index contributed by atoms with van der Waals surface area (Å²) in [7, 11) is 0. The minimum absolute atomic E-state index is 0.768. The molecule has 1 heterocycles. The van der Waals surface area contributed by atoms with E-state index in [4.69, 9.17) is 11.6 Å². The molecule has 78 valence electrons. The summed E-state index contributed by atoms with van der Waals surface area (Å²) in [6.45, 7) is 11.7. The fourth-order valence-electron chi connectivity index (χ4n) is 1.83. The molecule has 1 aliphatic rings. The first kappa shape index (κ1) is 11.3. The fraction of sp³-hybridized carbons (Fsp3) is 1.00. The van der Waals surface area contributed by atoms with Crippen molar-refractivity contribution in [3.05, 3.63) is 0 Å². The fourth-order valence-corrected chi connectivity index (χ4v) is 2.07. The molecule has 0 spiro atoms. The predicted octanol–water partition coefficient (Wildman–Crippen LogP) is 1.50. The van der Waals surface area contributed by atoms with Crippen molar-refractivity contribution >= 4 is 11.6 Å². The van der Waals surface area contributed by atoms with E-state index in [1.165, 1.54) is 32.7 Å². The average molecular weight is 205 g/mol. The molecule has 0 bridgehead atoms. The molecule has 1 fully saturated rings. The highest BCUT2D eigenvalue weighted by molar-refractivity contribution is 6.18. The van der Waals surface area contributed by atoms with E-state index in [9.17, 15) is 0 Å². The molecule has 0 atom stereocenters. The van der Waals surface area contributed by atoms with Crippen LogP contribution in [0.1, 0.15) is 13.8 Å².